The molecule has 2 aromatic carbocycles. The fraction of sp³-hybridized carbons (Fsp3) is 0.393. The Labute approximate surface area is 207 Å². The summed E-state index contributed by atoms with van der Waals surface area (Å²) in [4.78, 5) is 10.4. The standard InChI is InChI=1S/C28H31Cl2NO2/c29-26-19-15-24(22-27(26)30)12-10-8-6-4-2-1-3-5-7-9-11-21-31-25-17-13-23(14-18-25)16-20-28(32)33/h13-15,17-19,22,31H,1-9,11,21H2,(H,32,33). The monoisotopic (exact) mass is 483 g/mol. The maximum absolute atomic E-state index is 10.4. The van der Waals surface area contributed by atoms with Gasteiger partial charge in [0.15, 0.2) is 0 Å². The molecule has 3 nitrogen and oxygen atoms in total. The third kappa shape index (κ3) is 12.3. The van der Waals surface area contributed by atoms with Gasteiger partial charge in [0.1, 0.15) is 0 Å². The number of anilines is 1. The summed E-state index contributed by atoms with van der Waals surface area (Å²) in [6.45, 7) is 0.948. The average Bonchev–Trinajstić information content (AvgIpc) is 2.81. The van der Waals surface area contributed by atoms with Crippen LogP contribution < -0.4 is 5.32 Å². The quantitative estimate of drug-likeness (QED) is 0.239. The smallest absolute Gasteiger partial charge is 0.382 e. The van der Waals surface area contributed by atoms with E-state index < -0.39 is 5.97 Å². The first-order chi connectivity index (χ1) is 16.0. The van der Waals surface area contributed by atoms with Crippen molar-refractivity contribution in [3.63, 3.8) is 0 Å². The van der Waals surface area contributed by atoms with Crippen molar-refractivity contribution < 1.29 is 9.90 Å². The van der Waals surface area contributed by atoms with E-state index in [2.05, 4.69) is 29.0 Å². The van der Waals surface area contributed by atoms with Gasteiger partial charge in [0.25, 0.3) is 0 Å². The Morgan fingerprint density at radius 3 is 2.00 bits per heavy atom. The third-order valence-electron chi connectivity index (χ3n) is 5.16. The number of rotatable bonds is 12. The van der Waals surface area contributed by atoms with Crippen LogP contribution in [0, 0.1) is 23.7 Å². The highest BCUT2D eigenvalue weighted by molar-refractivity contribution is 6.42. The zero-order chi connectivity index (χ0) is 23.7. The van der Waals surface area contributed by atoms with Gasteiger partial charge < -0.3 is 10.4 Å². The van der Waals surface area contributed by atoms with E-state index in [1.165, 1.54) is 44.9 Å². The van der Waals surface area contributed by atoms with Crippen molar-refractivity contribution >= 4 is 34.9 Å². The first-order valence-corrected chi connectivity index (χ1v) is 12.3. The molecule has 0 atom stereocenters. The second-order valence-corrected chi connectivity index (χ2v) is 8.74. The van der Waals surface area contributed by atoms with Crippen molar-refractivity contribution in [1.29, 1.82) is 0 Å². The maximum Gasteiger partial charge on any atom is 0.382 e. The predicted molar refractivity (Wildman–Crippen MR) is 139 cm³/mol. The number of carboxylic acid groups (broad SMARTS) is 1. The molecule has 0 bridgehead atoms. The number of nitrogens with one attached hydrogen (secondary N) is 1. The molecule has 0 fully saturated rings. The molecule has 0 amide bonds. The van der Waals surface area contributed by atoms with Crippen LogP contribution in [-0.4, -0.2) is 17.6 Å². The number of aliphatic carboxylic acids is 1. The minimum atomic E-state index is -1.11. The van der Waals surface area contributed by atoms with E-state index in [-0.39, 0.29) is 0 Å². The second kappa shape index (κ2) is 16.1. The van der Waals surface area contributed by atoms with E-state index in [0.29, 0.717) is 15.6 Å². The summed E-state index contributed by atoms with van der Waals surface area (Å²) in [5, 5.41) is 13.1. The Kier molecular flexibility index (Phi) is 13.0. The van der Waals surface area contributed by atoms with Crippen LogP contribution in [-0.2, 0) is 4.79 Å². The van der Waals surface area contributed by atoms with Gasteiger partial charge in [-0.1, -0.05) is 85.9 Å². The highest BCUT2D eigenvalue weighted by Gasteiger charge is 1.97. The molecule has 0 spiro atoms. The molecule has 0 aromatic heterocycles. The zero-order valence-electron chi connectivity index (χ0n) is 18.9. The lowest BCUT2D eigenvalue weighted by atomic mass is 10.1. The molecule has 0 saturated heterocycles. The van der Waals surface area contributed by atoms with Crippen LogP contribution in [0.15, 0.2) is 42.5 Å². The van der Waals surface area contributed by atoms with E-state index in [1.54, 1.807) is 6.07 Å². The predicted octanol–water partition coefficient (Wildman–Crippen LogP) is 7.79. The Morgan fingerprint density at radius 2 is 1.36 bits per heavy atom. The van der Waals surface area contributed by atoms with Gasteiger partial charge in [-0.25, -0.2) is 4.79 Å². The number of carboxylic acids is 1. The highest BCUT2D eigenvalue weighted by atomic mass is 35.5. The number of benzene rings is 2. The molecule has 0 heterocycles. The summed E-state index contributed by atoms with van der Waals surface area (Å²) >= 11 is 11.9. The lowest BCUT2D eigenvalue weighted by molar-refractivity contribution is -0.130. The Hall–Kier alpha value is -2.59. The molecule has 0 aliphatic rings. The summed E-state index contributed by atoms with van der Waals surface area (Å²) in [5.41, 5.74) is 2.66. The van der Waals surface area contributed by atoms with Crippen molar-refractivity contribution in [3.05, 3.63) is 63.6 Å². The van der Waals surface area contributed by atoms with Crippen LogP contribution in [0.1, 0.15) is 75.3 Å². The summed E-state index contributed by atoms with van der Waals surface area (Å²) < 4.78 is 0. The van der Waals surface area contributed by atoms with Crippen LogP contribution in [0.3, 0.4) is 0 Å². The zero-order valence-corrected chi connectivity index (χ0v) is 20.4. The third-order valence-corrected chi connectivity index (χ3v) is 5.90. The largest absolute Gasteiger partial charge is 0.472 e. The molecule has 0 aliphatic carbocycles. The van der Waals surface area contributed by atoms with E-state index in [4.69, 9.17) is 28.3 Å². The number of unbranched alkanes of at least 4 members (excludes halogenated alkanes) is 9. The van der Waals surface area contributed by atoms with Crippen molar-refractivity contribution in [2.75, 3.05) is 11.9 Å². The summed E-state index contributed by atoms with van der Waals surface area (Å²) in [5.74, 6) is 9.98. The van der Waals surface area contributed by atoms with E-state index in [9.17, 15) is 4.79 Å². The fourth-order valence-electron chi connectivity index (χ4n) is 3.34. The first kappa shape index (κ1) is 26.7. The second-order valence-electron chi connectivity index (χ2n) is 7.92. The van der Waals surface area contributed by atoms with Crippen LogP contribution in [0.25, 0.3) is 0 Å². The van der Waals surface area contributed by atoms with Gasteiger partial charge in [-0.3, -0.25) is 0 Å². The lowest BCUT2D eigenvalue weighted by Crippen LogP contribution is -2.01. The van der Waals surface area contributed by atoms with Gasteiger partial charge in [0, 0.05) is 35.7 Å². The molecule has 174 valence electrons. The Balaban J connectivity index is 1.41. The van der Waals surface area contributed by atoms with Gasteiger partial charge in [-0.2, -0.15) is 0 Å². The van der Waals surface area contributed by atoms with Gasteiger partial charge >= 0.3 is 5.97 Å². The van der Waals surface area contributed by atoms with Gasteiger partial charge in [-0.05, 0) is 55.3 Å². The number of hydrogen-bond acceptors (Lipinski definition) is 2. The molecule has 0 aliphatic heterocycles. The van der Waals surface area contributed by atoms with Gasteiger partial charge in [0.2, 0.25) is 0 Å². The molecule has 2 rings (SSSR count). The Morgan fingerprint density at radius 1 is 0.758 bits per heavy atom. The van der Waals surface area contributed by atoms with E-state index in [0.717, 1.165) is 37.1 Å². The Bertz CT molecular complexity index is 995. The number of halogens is 2. The average molecular weight is 484 g/mol. The molecule has 0 unspecified atom stereocenters. The topological polar surface area (TPSA) is 49.3 Å². The lowest BCUT2D eigenvalue weighted by Gasteiger charge is -2.06. The molecular weight excluding hydrogens is 453 g/mol. The van der Waals surface area contributed by atoms with E-state index >= 15 is 0 Å². The first-order valence-electron chi connectivity index (χ1n) is 11.6. The summed E-state index contributed by atoms with van der Waals surface area (Å²) in [7, 11) is 0. The molecule has 5 heteroatoms. The number of hydrogen-bond donors (Lipinski definition) is 2. The van der Waals surface area contributed by atoms with Gasteiger partial charge in [-0.15, -0.1) is 0 Å². The summed E-state index contributed by atoms with van der Waals surface area (Å²) in [6, 6.07) is 13.0. The molecule has 33 heavy (non-hydrogen) atoms. The van der Waals surface area contributed by atoms with Crippen molar-refractivity contribution in [3.8, 4) is 23.7 Å². The van der Waals surface area contributed by atoms with Gasteiger partial charge in [0.05, 0.1) is 10.0 Å². The minimum Gasteiger partial charge on any atom is -0.472 e. The van der Waals surface area contributed by atoms with Crippen LogP contribution in [0.5, 0.6) is 0 Å². The summed E-state index contributed by atoms with van der Waals surface area (Å²) in [6.07, 6.45) is 12.2. The minimum absolute atomic E-state index is 0.552. The molecule has 0 radical (unpaired) electrons. The van der Waals surface area contributed by atoms with Crippen LogP contribution in [0.2, 0.25) is 10.0 Å². The van der Waals surface area contributed by atoms with E-state index in [1.807, 2.05) is 36.4 Å². The maximum atomic E-state index is 10.4. The molecular formula is C28H31Cl2NO2. The highest BCUT2D eigenvalue weighted by Crippen LogP contribution is 2.22. The molecule has 0 saturated carbocycles. The fourth-order valence-corrected chi connectivity index (χ4v) is 3.64. The van der Waals surface area contributed by atoms with Crippen molar-refractivity contribution in [1.82, 2.24) is 0 Å². The van der Waals surface area contributed by atoms with Crippen molar-refractivity contribution in [2.45, 2.75) is 64.2 Å². The van der Waals surface area contributed by atoms with Crippen molar-refractivity contribution in [2.24, 2.45) is 0 Å². The normalized spacial score (nSPS) is 10.0. The number of carbonyl (C=O) groups is 1. The molecule has 2 N–H and O–H groups in total. The SMILES string of the molecule is O=C(O)C#Cc1ccc(NCCCCCCCCCCCC#Cc2ccc(Cl)c(Cl)c2)cc1. The van der Waals surface area contributed by atoms with Crippen LogP contribution in [0.4, 0.5) is 5.69 Å². The molecule has 2 aromatic rings. The van der Waals surface area contributed by atoms with Crippen LogP contribution >= 0.6 is 23.2 Å².